The maximum Gasteiger partial charge on any atom is 0.255 e. The van der Waals surface area contributed by atoms with Crippen molar-refractivity contribution >= 4 is 28.6 Å². The Morgan fingerprint density at radius 1 is 1.45 bits per heavy atom. The summed E-state index contributed by atoms with van der Waals surface area (Å²) in [6.45, 7) is 7.13. The minimum Gasteiger partial charge on any atom is -0.331 e. The third-order valence-electron chi connectivity index (χ3n) is 4.01. The van der Waals surface area contributed by atoms with Crippen molar-refractivity contribution in [1.29, 1.82) is 0 Å². The van der Waals surface area contributed by atoms with Gasteiger partial charge in [-0.3, -0.25) is 4.79 Å². The molecule has 0 saturated heterocycles. The molecular weight excluding hydrogens is 286 g/mol. The lowest BCUT2D eigenvalue weighted by Gasteiger charge is -2.35. The topological polar surface area (TPSA) is 20.3 Å². The van der Waals surface area contributed by atoms with Crippen LogP contribution >= 0.6 is 22.7 Å². The van der Waals surface area contributed by atoms with Gasteiger partial charge in [0.25, 0.3) is 5.91 Å². The molecule has 0 fully saturated rings. The van der Waals surface area contributed by atoms with Crippen LogP contribution in [-0.2, 0) is 6.42 Å². The van der Waals surface area contributed by atoms with Gasteiger partial charge in [0.2, 0.25) is 0 Å². The lowest BCUT2D eigenvalue weighted by molar-refractivity contribution is 0.0657. The third kappa shape index (κ3) is 2.21. The highest BCUT2D eigenvalue weighted by Crippen LogP contribution is 2.36. The standard InChI is InChI=1S/C16H19NOS2/c1-4-14-12-6-8-19-15(12)5-7-17(14)16(18)13-9-10(2)20-11(13)3/h6,8-9,14H,4-5,7H2,1-3H3. The van der Waals surface area contributed by atoms with Gasteiger partial charge in [0, 0.05) is 21.2 Å². The van der Waals surface area contributed by atoms with E-state index in [0.717, 1.165) is 29.8 Å². The molecule has 20 heavy (non-hydrogen) atoms. The van der Waals surface area contributed by atoms with E-state index in [1.54, 1.807) is 11.3 Å². The number of fused-ring (bicyclic) bond motifs is 1. The third-order valence-corrected chi connectivity index (χ3v) is 5.98. The van der Waals surface area contributed by atoms with Crippen molar-refractivity contribution < 1.29 is 4.79 Å². The van der Waals surface area contributed by atoms with E-state index in [-0.39, 0.29) is 11.9 Å². The Balaban J connectivity index is 1.94. The predicted octanol–water partition coefficient (Wildman–Crippen LogP) is 4.58. The number of hydrogen-bond acceptors (Lipinski definition) is 3. The number of carbonyl (C=O) groups excluding carboxylic acids is 1. The largest absolute Gasteiger partial charge is 0.331 e. The zero-order valence-corrected chi connectivity index (χ0v) is 13.7. The number of amides is 1. The molecule has 1 amide bonds. The number of carbonyl (C=O) groups is 1. The first-order chi connectivity index (χ1) is 9.61. The van der Waals surface area contributed by atoms with Gasteiger partial charge >= 0.3 is 0 Å². The summed E-state index contributed by atoms with van der Waals surface area (Å²) >= 11 is 3.54. The predicted molar refractivity (Wildman–Crippen MR) is 85.9 cm³/mol. The Morgan fingerprint density at radius 3 is 2.90 bits per heavy atom. The SMILES string of the molecule is CCC1c2ccsc2CCN1C(=O)c1cc(C)sc1C. The van der Waals surface area contributed by atoms with Gasteiger partial charge in [-0.1, -0.05) is 6.92 Å². The summed E-state index contributed by atoms with van der Waals surface area (Å²) < 4.78 is 0. The number of rotatable bonds is 2. The molecule has 0 bridgehead atoms. The second-order valence-corrected chi connectivity index (χ2v) is 7.76. The van der Waals surface area contributed by atoms with Crippen LogP contribution in [-0.4, -0.2) is 17.4 Å². The van der Waals surface area contributed by atoms with E-state index in [1.165, 1.54) is 15.3 Å². The molecular formula is C16H19NOS2. The summed E-state index contributed by atoms with van der Waals surface area (Å²) in [5.41, 5.74) is 2.26. The molecule has 106 valence electrons. The van der Waals surface area contributed by atoms with Crippen molar-refractivity contribution in [2.75, 3.05) is 6.54 Å². The summed E-state index contributed by atoms with van der Waals surface area (Å²) in [5.74, 6) is 0.204. The lowest BCUT2D eigenvalue weighted by Crippen LogP contribution is -2.39. The minimum absolute atomic E-state index is 0.204. The first-order valence-corrected chi connectivity index (χ1v) is 8.75. The second-order valence-electron chi connectivity index (χ2n) is 5.30. The van der Waals surface area contributed by atoms with Gasteiger partial charge in [0.15, 0.2) is 0 Å². The molecule has 0 N–H and O–H groups in total. The van der Waals surface area contributed by atoms with E-state index >= 15 is 0 Å². The van der Waals surface area contributed by atoms with Crippen LogP contribution in [0.2, 0.25) is 0 Å². The highest BCUT2D eigenvalue weighted by molar-refractivity contribution is 7.12. The minimum atomic E-state index is 0.204. The van der Waals surface area contributed by atoms with Crippen LogP contribution in [0.25, 0.3) is 0 Å². The Morgan fingerprint density at radius 2 is 2.25 bits per heavy atom. The molecule has 1 unspecified atom stereocenters. The molecule has 4 heteroatoms. The van der Waals surface area contributed by atoms with E-state index in [9.17, 15) is 4.79 Å². The van der Waals surface area contributed by atoms with Gasteiger partial charge in [0.1, 0.15) is 0 Å². The summed E-state index contributed by atoms with van der Waals surface area (Å²) in [5, 5.41) is 2.15. The van der Waals surface area contributed by atoms with Crippen LogP contribution in [0.5, 0.6) is 0 Å². The molecule has 2 aromatic heterocycles. The van der Waals surface area contributed by atoms with Crippen LogP contribution in [0.1, 0.15) is 49.9 Å². The molecule has 0 aliphatic carbocycles. The maximum atomic E-state index is 12.9. The van der Waals surface area contributed by atoms with Crippen molar-refractivity contribution in [1.82, 2.24) is 4.90 Å². The maximum absolute atomic E-state index is 12.9. The normalized spacial score (nSPS) is 18.1. The number of aryl methyl sites for hydroxylation is 2. The van der Waals surface area contributed by atoms with E-state index < -0.39 is 0 Å². The van der Waals surface area contributed by atoms with Gasteiger partial charge in [0.05, 0.1) is 11.6 Å². The average Bonchev–Trinajstić information content (AvgIpc) is 3.02. The Kier molecular flexibility index (Phi) is 3.69. The fourth-order valence-electron chi connectivity index (χ4n) is 3.08. The highest BCUT2D eigenvalue weighted by atomic mass is 32.1. The number of thiophene rings is 2. The van der Waals surface area contributed by atoms with Gasteiger partial charge < -0.3 is 4.90 Å². The van der Waals surface area contributed by atoms with Crippen molar-refractivity contribution in [3.63, 3.8) is 0 Å². The molecule has 2 aromatic rings. The average molecular weight is 305 g/mol. The van der Waals surface area contributed by atoms with E-state index in [4.69, 9.17) is 0 Å². The van der Waals surface area contributed by atoms with Crippen LogP contribution in [0, 0.1) is 13.8 Å². The summed E-state index contributed by atoms with van der Waals surface area (Å²) in [7, 11) is 0. The van der Waals surface area contributed by atoms with Gasteiger partial charge in [-0.2, -0.15) is 0 Å². The van der Waals surface area contributed by atoms with Crippen molar-refractivity contribution in [2.24, 2.45) is 0 Å². The Bertz CT molecular complexity index is 641. The first kappa shape index (κ1) is 13.8. The molecule has 1 aliphatic heterocycles. The fourth-order valence-corrected chi connectivity index (χ4v) is 4.92. The Labute approximate surface area is 128 Å². The van der Waals surface area contributed by atoms with Gasteiger partial charge in [-0.15, -0.1) is 22.7 Å². The zero-order chi connectivity index (χ0) is 14.3. The lowest BCUT2D eigenvalue weighted by atomic mass is 9.97. The summed E-state index contributed by atoms with van der Waals surface area (Å²) in [4.78, 5) is 18.8. The second kappa shape index (κ2) is 5.34. The Hall–Kier alpha value is -1.13. The van der Waals surface area contributed by atoms with Gasteiger partial charge in [-0.05, 0) is 49.8 Å². The van der Waals surface area contributed by atoms with Crippen molar-refractivity contribution in [3.05, 3.63) is 43.3 Å². The molecule has 0 radical (unpaired) electrons. The summed E-state index contributed by atoms with van der Waals surface area (Å²) in [6, 6.07) is 4.48. The summed E-state index contributed by atoms with van der Waals surface area (Å²) in [6.07, 6.45) is 1.98. The van der Waals surface area contributed by atoms with Crippen LogP contribution < -0.4 is 0 Å². The van der Waals surface area contributed by atoms with Crippen molar-refractivity contribution in [3.8, 4) is 0 Å². The van der Waals surface area contributed by atoms with Crippen molar-refractivity contribution in [2.45, 2.75) is 39.7 Å². The van der Waals surface area contributed by atoms with Crippen LogP contribution in [0.4, 0.5) is 0 Å². The first-order valence-electron chi connectivity index (χ1n) is 7.06. The highest BCUT2D eigenvalue weighted by Gasteiger charge is 2.31. The van der Waals surface area contributed by atoms with Gasteiger partial charge in [-0.25, -0.2) is 0 Å². The quantitative estimate of drug-likeness (QED) is 0.795. The molecule has 1 atom stereocenters. The van der Waals surface area contributed by atoms with E-state index in [0.29, 0.717) is 0 Å². The molecule has 0 saturated carbocycles. The molecule has 3 rings (SSSR count). The monoisotopic (exact) mass is 305 g/mol. The molecule has 0 aromatic carbocycles. The zero-order valence-electron chi connectivity index (χ0n) is 12.1. The molecule has 1 aliphatic rings. The fraction of sp³-hybridized carbons (Fsp3) is 0.438. The smallest absolute Gasteiger partial charge is 0.255 e. The molecule has 3 heterocycles. The van der Waals surface area contributed by atoms with E-state index in [2.05, 4.69) is 30.2 Å². The van der Waals surface area contributed by atoms with Crippen LogP contribution in [0.15, 0.2) is 17.5 Å². The molecule has 0 spiro atoms. The molecule has 2 nitrogen and oxygen atoms in total. The number of hydrogen-bond donors (Lipinski definition) is 0. The van der Waals surface area contributed by atoms with Crippen LogP contribution in [0.3, 0.4) is 0 Å². The van der Waals surface area contributed by atoms with E-state index in [1.807, 2.05) is 24.3 Å². The number of nitrogens with zero attached hydrogens (tertiary/aromatic N) is 1.